The number of imidazole rings is 2. The zero-order valence-electron chi connectivity index (χ0n) is 15.2. The molecule has 7 nitrogen and oxygen atoms in total. The highest BCUT2D eigenvalue weighted by Gasteiger charge is 2.20. The monoisotopic (exact) mass is 352 g/mol. The summed E-state index contributed by atoms with van der Waals surface area (Å²) in [6.07, 6.45) is 9.89. The van der Waals surface area contributed by atoms with Gasteiger partial charge in [0.2, 0.25) is 5.95 Å². The normalized spacial score (nSPS) is 15.2. The van der Waals surface area contributed by atoms with Gasteiger partial charge in [0.1, 0.15) is 12.0 Å². The van der Waals surface area contributed by atoms with Gasteiger partial charge in [-0.3, -0.25) is 13.8 Å². The predicted molar refractivity (Wildman–Crippen MR) is 99.4 cm³/mol. The maximum Gasteiger partial charge on any atom is 0.271 e. The Balaban J connectivity index is 1.63. The number of carbonyl (C=O) groups is 1. The van der Waals surface area contributed by atoms with Gasteiger partial charge in [-0.15, -0.1) is 0 Å². The molecule has 1 aliphatic carbocycles. The summed E-state index contributed by atoms with van der Waals surface area (Å²) < 4.78 is 3.84. The number of hydrogen-bond donors (Lipinski definition) is 1. The van der Waals surface area contributed by atoms with E-state index in [1.54, 1.807) is 12.5 Å². The summed E-state index contributed by atoms with van der Waals surface area (Å²) in [5.41, 5.74) is 2.48. The maximum absolute atomic E-state index is 12.4. The fraction of sp³-hybridized carbons (Fsp3) is 0.421. The van der Waals surface area contributed by atoms with Crippen molar-refractivity contribution in [3.8, 4) is 5.95 Å². The second-order valence-electron chi connectivity index (χ2n) is 7.17. The molecule has 0 radical (unpaired) electrons. The number of aromatic nitrogens is 4. The second kappa shape index (κ2) is 6.92. The first-order valence-electron chi connectivity index (χ1n) is 9.08. The Labute approximate surface area is 152 Å². The molecule has 0 spiro atoms. The van der Waals surface area contributed by atoms with Gasteiger partial charge in [-0.05, 0) is 39.1 Å². The van der Waals surface area contributed by atoms with Crippen LogP contribution in [-0.4, -0.2) is 49.9 Å². The first-order valence-corrected chi connectivity index (χ1v) is 9.08. The molecule has 0 aromatic carbocycles. The predicted octanol–water partition coefficient (Wildman–Crippen LogP) is 2.25. The summed E-state index contributed by atoms with van der Waals surface area (Å²) in [7, 11) is 4.05. The molecule has 26 heavy (non-hydrogen) atoms. The van der Waals surface area contributed by atoms with Crippen molar-refractivity contribution in [3.05, 3.63) is 48.3 Å². The lowest BCUT2D eigenvalue weighted by Crippen LogP contribution is -2.32. The quantitative estimate of drug-likeness (QED) is 0.765. The molecule has 1 saturated carbocycles. The Morgan fingerprint density at radius 1 is 1.31 bits per heavy atom. The standard InChI is InChI=1S/C19H24N6O/c1-23(2)11-15-17-9-5-6-10-25(17)19(22-15)24-12-16(20-13-24)18(26)21-14-7-3-4-8-14/h5-6,9-10,12-14H,3-4,7-8,11H2,1-2H3,(H,21,26). The van der Waals surface area contributed by atoms with Gasteiger partial charge in [0.25, 0.3) is 5.91 Å². The van der Waals surface area contributed by atoms with Crippen molar-refractivity contribution in [1.82, 2.24) is 29.2 Å². The topological polar surface area (TPSA) is 67.5 Å². The summed E-state index contributed by atoms with van der Waals surface area (Å²) in [6, 6.07) is 6.32. The highest BCUT2D eigenvalue weighted by atomic mass is 16.2. The maximum atomic E-state index is 12.4. The van der Waals surface area contributed by atoms with E-state index in [0.717, 1.165) is 36.5 Å². The molecule has 0 aliphatic heterocycles. The number of amides is 1. The molecular formula is C19H24N6O. The first-order chi connectivity index (χ1) is 12.6. The molecule has 136 valence electrons. The van der Waals surface area contributed by atoms with Crippen molar-refractivity contribution >= 4 is 11.4 Å². The largest absolute Gasteiger partial charge is 0.348 e. The van der Waals surface area contributed by atoms with E-state index in [4.69, 9.17) is 4.98 Å². The number of hydrogen-bond acceptors (Lipinski definition) is 4. The fourth-order valence-corrected chi connectivity index (χ4v) is 3.56. The number of nitrogens with zero attached hydrogens (tertiary/aromatic N) is 5. The Hall–Kier alpha value is -2.67. The van der Waals surface area contributed by atoms with Crippen LogP contribution < -0.4 is 5.32 Å². The van der Waals surface area contributed by atoms with E-state index in [0.29, 0.717) is 5.69 Å². The van der Waals surface area contributed by atoms with Gasteiger partial charge in [0.05, 0.1) is 11.2 Å². The van der Waals surface area contributed by atoms with Gasteiger partial charge in [0.15, 0.2) is 0 Å². The number of carbonyl (C=O) groups excluding carboxylic acids is 1. The second-order valence-corrected chi connectivity index (χ2v) is 7.17. The van der Waals surface area contributed by atoms with Crippen molar-refractivity contribution in [1.29, 1.82) is 0 Å². The van der Waals surface area contributed by atoms with Crippen molar-refractivity contribution in [2.75, 3.05) is 14.1 Å². The zero-order valence-corrected chi connectivity index (χ0v) is 15.2. The number of nitrogens with one attached hydrogen (secondary N) is 1. The number of rotatable bonds is 5. The van der Waals surface area contributed by atoms with Crippen LogP contribution in [0, 0.1) is 0 Å². The molecule has 0 saturated heterocycles. The molecule has 0 bridgehead atoms. The third-order valence-electron chi connectivity index (χ3n) is 4.81. The van der Waals surface area contributed by atoms with Crippen LogP contribution in [0.1, 0.15) is 41.9 Å². The van der Waals surface area contributed by atoms with E-state index < -0.39 is 0 Å². The SMILES string of the molecule is CN(C)Cc1nc(-n2cnc(C(=O)NC3CCCC3)c2)n2ccccc12. The van der Waals surface area contributed by atoms with Crippen LogP contribution in [0.2, 0.25) is 0 Å². The minimum Gasteiger partial charge on any atom is -0.348 e. The molecule has 1 aliphatic rings. The van der Waals surface area contributed by atoms with Crippen LogP contribution >= 0.6 is 0 Å². The van der Waals surface area contributed by atoms with Gasteiger partial charge in [-0.1, -0.05) is 18.9 Å². The van der Waals surface area contributed by atoms with Gasteiger partial charge in [0, 0.05) is 25.0 Å². The minimum absolute atomic E-state index is 0.106. The summed E-state index contributed by atoms with van der Waals surface area (Å²) >= 11 is 0. The first kappa shape index (κ1) is 16.8. The van der Waals surface area contributed by atoms with E-state index in [-0.39, 0.29) is 11.9 Å². The average molecular weight is 352 g/mol. The van der Waals surface area contributed by atoms with Crippen LogP contribution in [0.3, 0.4) is 0 Å². The van der Waals surface area contributed by atoms with E-state index in [1.165, 1.54) is 12.8 Å². The van der Waals surface area contributed by atoms with Gasteiger partial charge in [-0.2, -0.15) is 0 Å². The van der Waals surface area contributed by atoms with E-state index in [1.807, 2.05) is 41.4 Å². The van der Waals surface area contributed by atoms with Crippen molar-refractivity contribution in [3.63, 3.8) is 0 Å². The highest BCUT2D eigenvalue weighted by molar-refractivity contribution is 5.92. The van der Waals surface area contributed by atoms with E-state index >= 15 is 0 Å². The Kier molecular flexibility index (Phi) is 4.46. The zero-order chi connectivity index (χ0) is 18.1. The minimum atomic E-state index is -0.106. The van der Waals surface area contributed by atoms with Crippen LogP contribution in [0.15, 0.2) is 36.9 Å². The molecule has 3 aromatic heterocycles. The van der Waals surface area contributed by atoms with E-state index in [9.17, 15) is 4.79 Å². The average Bonchev–Trinajstić information content (AvgIpc) is 3.34. The highest BCUT2D eigenvalue weighted by Crippen LogP contribution is 2.19. The lowest BCUT2D eigenvalue weighted by Gasteiger charge is -2.09. The van der Waals surface area contributed by atoms with Crippen LogP contribution in [-0.2, 0) is 6.54 Å². The Bertz CT molecular complexity index is 919. The molecule has 4 rings (SSSR count). The Morgan fingerprint density at radius 2 is 2.12 bits per heavy atom. The van der Waals surface area contributed by atoms with Crippen LogP contribution in [0.25, 0.3) is 11.5 Å². The summed E-state index contributed by atoms with van der Waals surface area (Å²) in [4.78, 5) is 23.6. The molecular weight excluding hydrogens is 328 g/mol. The summed E-state index contributed by atoms with van der Waals surface area (Å²) in [5, 5.41) is 3.08. The number of fused-ring (bicyclic) bond motifs is 1. The van der Waals surface area contributed by atoms with Gasteiger partial charge >= 0.3 is 0 Å². The Morgan fingerprint density at radius 3 is 2.88 bits per heavy atom. The van der Waals surface area contributed by atoms with Crippen LogP contribution in [0.4, 0.5) is 0 Å². The molecule has 3 heterocycles. The van der Waals surface area contributed by atoms with Crippen molar-refractivity contribution < 1.29 is 4.79 Å². The third-order valence-corrected chi connectivity index (χ3v) is 4.81. The molecule has 1 fully saturated rings. The lowest BCUT2D eigenvalue weighted by molar-refractivity contribution is 0.0933. The molecule has 1 amide bonds. The van der Waals surface area contributed by atoms with Crippen molar-refractivity contribution in [2.45, 2.75) is 38.3 Å². The molecule has 0 unspecified atom stereocenters. The van der Waals surface area contributed by atoms with E-state index in [2.05, 4.69) is 21.3 Å². The van der Waals surface area contributed by atoms with Gasteiger partial charge in [-0.25, -0.2) is 9.97 Å². The van der Waals surface area contributed by atoms with Gasteiger partial charge < -0.3 is 10.2 Å². The molecule has 3 aromatic rings. The van der Waals surface area contributed by atoms with Crippen LogP contribution in [0.5, 0.6) is 0 Å². The summed E-state index contributed by atoms with van der Waals surface area (Å²) in [5.74, 6) is 0.634. The fourth-order valence-electron chi connectivity index (χ4n) is 3.56. The van der Waals surface area contributed by atoms with Crippen molar-refractivity contribution in [2.24, 2.45) is 0 Å². The molecule has 0 atom stereocenters. The lowest BCUT2D eigenvalue weighted by atomic mass is 10.2. The third kappa shape index (κ3) is 3.22. The number of pyridine rings is 1. The molecule has 1 N–H and O–H groups in total. The smallest absolute Gasteiger partial charge is 0.271 e. The molecule has 7 heteroatoms. The summed E-state index contributed by atoms with van der Waals surface area (Å²) in [6.45, 7) is 0.747.